The number of hydrazine groups is 1. The maximum absolute atomic E-state index is 6.63. The number of benzene rings is 2. The van der Waals surface area contributed by atoms with Crippen LogP contribution in [-0.2, 0) is 6.42 Å². The van der Waals surface area contributed by atoms with E-state index in [0.29, 0.717) is 11.7 Å². The topological polar surface area (TPSA) is 105 Å². The van der Waals surface area contributed by atoms with Crippen molar-refractivity contribution in [3.63, 3.8) is 0 Å². The van der Waals surface area contributed by atoms with Gasteiger partial charge in [-0.15, -0.1) is 0 Å². The van der Waals surface area contributed by atoms with Crippen LogP contribution in [0.25, 0.3) is 10.9 Å². The molecular formula is C27H37N7. The molecule has 1 fully saturated rings. The molecule has 7 heteroatoms. The molecule has 4 rings (SSSR count). The molecule has 7 nitrogen and oxygen atoms in total. The predicted octanol–water partition coefficient (Wildman–Crippen LogP) is 4.94. The molecule has 1 saturated carbocycles. The Morgan fingerprint density at radius 1 is 1.18 bits per heavy atom. The first kappa shape index (κ1) is 23.8. The summed E-state index contributed by atoms with van der Waals surface area (Å²) < 4.78 is 0. The molecule has 1 heterocycles. The third-order valence-electron chi connectivity index (χ3n) is 6.03. The number of nitrogens with zero attached hydrogens (tertiary/aromatic N) is 3. The quantitative estimate of drug-likeness (QED) is 0.265. The monoisotopic (exact) mass is 459 g/mol. The first-order valence-electron chi connectivity index (χ1n) is 12.1. The standard InChI is InChI=1S/C27H37N7/c1-5-18-7-6-8-19(13-18)25(23(28)15-34(29)21-10-11-21)33-20-9-12-24-22(14-20)26(32-17-31-24)30-16-27(2,3)4/h6-9,12-15,17,21,25,33H,5,10-11,16,28-29H2,1-4H3,(H,30,31,32)/b23-15-. The molecule has 2 aromatic carbocycles. The van der Waals surface area contributed by atoms with Crippen molar-refractivity contribution in [3.8, 4) is 0 Å². The number of fused-ring (bicyclic) bond motifs is 1. The van der Waals surface area contributed by atoms with Crippen LogP contribution >= 0.6 is 0 Å². The van der Waals surface area contributed by atoms with E-state index >= 15 is 0 Å². The Hall–Kier alpha value is -3.32. The molecule has 0 aliphatic heterocycles. The fourth-order valence-corrected chi connectivity index (χ4v) is 3.88. The summed E-state index contributed by atoms with van der Waals surface area (Å²) in [7, 11) is 0. The first-order chi connectivity index (χ1) is 16.2. The van der Waals surface area contributed by atoms with E-state index in [1.165, 1.54) is 5.56 Å². The molecule has 1 aliphatic rings. The predicted molar refractivity (Wildman–Crippen MR) is 141 cm³/mol. The van der Waals surface area contributed by atoms with Gasteiger partial charge in [-0.1, -0.05) is 52.0 Å². The van der Waals surface area contributed by atoms with E-state index in [2.05, 4.69) is 78.6 Å². The zero-order chi connectivity index (χ0) is 24.3. The third kappa shape index (κ3) is 5.97. The second-order valence-corrected chi connectivity index (χ2v) is 10.4. The van der Waals surface area contributed by atoms with Crippen LogP contribution in [0.4, 0.5) is 11.5 Å². The van der Waals surface area contributed by atoms with Crippen molar-refractivity contribution in [1.82, 2.24) is 15.0 Å². The van der Waals surface area contributed by atoms with E-state index in [0.717, 1.165) is 53.8 Å². The molecule has 1 aliphatic carbocycles. The van der Waals surface area contributed by atoms with E-state index in [1.54, 1.807) is 11.3 Å². The zero-order valence-corrected chi connectivity index (χ0v) is 20.7. The summed E-state index contributed by atoms with van der Waals surface area (Å²) in [5.41, 5.74) is 11.7. The number of nitrogens with one attached hydrogen (secondary N) is 2. The third-order valence-corrected chi connectivity index (χ3v) is 6.03. The summed E-state index contributed by atoms with van der Waals surface area (Å²) in [6.07, 6.45) is 6.66. The molecule has 34 heavy (non-hydrogen) atoms. The summed E-state index contributed by atoms with van der Waals surface area (Å²) in [6, 6.07) is 14.8. The fraction of sp³-hybridized carbons (Fsp3) is 0.407. The molecule has 3 aromatic rings. The van der Waals surface area contributed by atoms with Gasteiger partial charge in [0.25, 0.3) is 0 Å². The number of anilines is 2. The lowest BCUT2D eigenvalue weighted by Crippen LogP contribution is -2.30. The minimum absolute atomic E-state index is 0.136. The zero-order valence-electron chi connectivity index (χ0n) is 20.7. The summed E-state index contributed by atoms with van der Waals surface area (Å²) >= 11 is 0. The maximum atomic E-state index is 6.63. The highest BCUT2D eigenvalue weighted by atomic mass is 15.4. The molecule has 180 valence electrons. The van der Waals surface area contributed by atoms with Crippen LogP contribution < -0.4 is 22.2 Å². The van der Waals surface area contributed by atoms with Crippen LogP contribution in [0.15, 0.2) is 60.7 Å². The summed E-state index contributed by atoms with van der Waals surface area (Å²) in [5.74, 6) is 7.06. The van der Waals surface area contributed by atoms with Gasteiger partial charge in [0, 0.05) is 29.9 Å². The largest absolute Gasteiger partial charge is 0.399 e. The van der Waals surface area contributed by atoms with Crippen molar-refractivity contribution in [2.75, 3.05) is 17.2 Å². The number of rotatable bonds is 9. The van der Waals surface area contributed by atoms with Gasteiger partial charge in [-0.2, -0.15) is 0 Å². The van der Waals surface area contributed by atoms with Crippen molar-refractivity contribution in [3.05, 3.63) is 71.8 Å². The average molecular weight is 460 g/mol. The van der Waals surface area contributed by atoms with Gasteiger partial charge < -0.3 is 21.4 Å². The van der Waals surface area contributed by atoms with Crippen LogP contribution in [0, 0.1) is 5.41 Å². The number of hydrogen-bond donors (Lipinski definition) is 4. The lowest BCUT2D eigenvalue weighted by molar-refractivity contribution is 0.378. The van der Waals surface area contributed by atoms with Gasteiger partial charge in [-0.3, -0.25) is 0 Å². The Balaban J connectivity index is 1.67. The van der Waals surface area contributed by atoms with Crippen molar-refractivity contribution in [2.24, 2.45) is 17.0 Å². The van der Waals surface area contributed by atoms with Crippen molar-refractivity contribution < 1.29 is 0 Å². The maximum Gasteiger partial charge on any atom is 0.137 e. The van der Waals surface area contributed by atoms with Gasteiger partial charge in [-0.05, 0) is 54.0 Å². The highest BCUT2D eigenvalue weighted by Crippen LogP contribution is 2.31. The van der Waals surface area contributed by atoms with Gasteiger partial charge >= 0.3 is 0 Å². The molecule has 0 radical (unpaired) electrons. The second-order valence-electron chi connectivity index (χ2n) is 10.4. The van der Waals surface area contributed by atoms with Crippen LogP contribution in [0.2, 0.25) is 0 Å². The molecule has 1 atom stereocenters. The van der Waals surface area contributed by atoms with Gasteiger partial charge in [0.2, 0.25) is 0 Å². The van der Waals surface area contributed by atoms with Crippen LogP contribution in [0.1, 0.15) is 57.7 Å². The molecule has 6 N–H and O–H groups in total. The normalized spacial score (nSPS) is 15.3. The Kier molecular flexibility index (Phi) is 6.93. The molecular weight excluding hydrogens is 422 g/mol. The van der Waals surface area contributed by atoms with Crippen LogP contribution in [0.3, 0.4) is 0 Å². The molecule has 0 spiro atoms. The molecule has 0 saturated heterocycles. The fourth-order valence-electron chi connectivity index (χ4n) is 3.88. The average Bonchev–Trinajstić information content (AvgIpc) is 3.66. The summed E-state index contributed by atoms with van der Waals surface area (Å²) in [5, 5.41) is 9.85. The molecule has 1 aromatic heterocycles. The SMILES string of the molecule is CCc1cccc(C(Nc2ccc3ncnc(NCC(C)(C)C)c3c2)/C(N)=C/N(N)C2CC2)c1. The van der Waals surface area contributed by atoms with Gasteiger partial charge in [0.15, 0.2) is 0 Å². The van der Waals surface area contributed by atoms with E-state index in [-0.39, 0.29) is 11.5 Å². The van der Waals surface area contributed by atoms with Gasteiger partial charge in [0.1, 0.15) is 12.1 Å². The van der Waals surface area contributed by atoms with Gasteiger partial charge in [-0.25, -0.2) is 15.8 Å². The molecule has 0 amide bonds. The minimum Gasteiger partial charge on any atom is -0.399 e. The van der Waals surface area contributed by atoms with Crippen LogP contribution in [0.5, 0.6) is 0 Å². The Bertz CT molecular complexity index is 1160. The summed E-state index contributed by atoms with van der Waals surface area (Å²) in [6.45, 7) is 9.56. The van der Waals surface area contributed by atoms with E-state index in [9.17, 15) is 0 Å². The number of hydrogen-bond acceptors (Lipinski definition) is 7. The lowest BCUT2D eigenvalue weighted by atomic mass is 9.97. The minimum atomic E-state index is -0.218. The smallest absolute Gasteiger partial charge is 0.137 e. The Morgan fingerprint density at radius 3 is 2.68 bits per heavy atom. The number of aromatic nitrogens is 2. The Morgan fingerprint density at radius 2 is 1.97 bits per heavy atom. The molecule has 1 unspecified atom stereocenters. The molecule has 0 bridgehead atoms. The Labute approximate surface area is 202 Å². The lowest BCUT2D eigenvalue weighted by Gasteiger charge is -2.24. The number of aryl methyl sites for hydroxylation is 1. The second kappa shape index (κ2) is 9.89. The first-order valence-corrected chi connectivity index (χ1v) is 12.1. The van der Waals surface area contributed by atoms with E-state index in [1.807, 2.05) is 18.3 Å². The highest BCUT2D eigenvalue weighted by molar-refractivity contribution is 5.91. The van der Waals surface area contributed by atoms with Crippen molar-refractivity contribution in [1.29, 1.82) is 0 Å². The summed E-state index contributed by atoms with van der Waals surface area (Å²) in [4.78, 5) is 8.95. The van der Waals surface area contributed by atoms with Crippen molar-refractivity contribution in [2.45, 2.75) is 59.0 Å². The van der Waals surface area contributed by atoms with E-state index in [4.69, 9.17) is 11.6 Å². The van der Waals surface area contributed by atoms with Crippen LogP contribution in [-0.4, -0.2) is 27.6 Å². The highest BCUT2D eigenvalue weighted by Gasteiger charge is 2.26. The van der Waals surface area contributed by atoms with Crippen molar-refractivity contribution >= 4 is 22.4 Å². The number of nitrogens with two attached hydrogens (primary N) is 2. The van der Waals surface area contributed by atoms with Gasteiger partial charge in [0.05, 0.1) is 17.3 Å². The van der Waals surface area contributed by atoms with E-state index < -0.39 is 0 Å².